The third-order valence-corrected chi connectivity index (χ3v) is 10.3. The predicted octanol–water partition coefficient (Wildman–Crippen LogP) is 5.88. The number of methoxy groups -OCH3 is 1. The first-order valence-corrected chi connectivity index (χ1v) is 15.2. The first-order chi connectivity index (χ1) is 18.9. The van der Waals surface area contributed by atoms with Gasteiger partial charge < -0.3 is 4.74 Å². The smallest absolute Gasteiger partial charge is 0.277 e. The fraction of sp³-hybridized carbons (Fsp3) is 0.0741. The molecule has 0 aliphatic heterocycles. The molecule has 4 aromatic rings. The second-order valence-electron chi connectivity index (χ2n) is 8.46. The average Bonchev–Trinajstić information content (AvgIpc) is 2.91. The maximum atomic E-state index is 13.9. The van der Waals surface area contributed by atoms with E-state index in [1.165, 1.54) is 86.0 Å². The minimum Gasteiger partial charge on any atom is -0.497 e. The Morgan fingerprint density at radius 2 is 1.27 bits per heavy atom. The summed E-state index contributed by atoms with van der Waals surface area (Å²) in [6, 6.07) is 21.1. The number of rotatable bonds is 10. The van der Waals surface area contributed by atoms with Gasteiger partial charge in [-0.2, -0.15) is 3.71 Å². The van der Waals surface area contributed by atoms with Gasteiger partial charge in [0.15, 0.2) is 0 Å². The molecule has 0 aromatic heterocycles. The monoisotopic (exact) mass is 619 g/mol. The number of halogens is 2. The molecule has 208 valence electrons. The van der Waals surface area contributed by atoms with Crippen molar-refractivity contribution in [1.82, 2.24) is 0 Å². The molecule has 0 atom stereocenters. The van der Waals surface area contributed by atoms with E-state index in [0.29, 0.717) is 31.6 Å². The van der Waals surface area contributed by atoms with Crippen molar-refractivity contribution >= 4 is 66.7 Å². The summed E-state index contributed by atoms with van der Waals surface area (Å²) >= 11 is 12.1. The second-order valence-corrected chi connectivity index (χ2v) is 13.1. The largest absolute Gasteiger partial charge is 0.497 e. The van der Waals surface area contributed by atoms with Crippen LogP contribution in [0, 0.1) is 6.92 Å². The molecule has 0 heterocycles. The molecule has 40 heavy (non-hydrogen) atoms. The zero-order chi connectivity index (χ0) is 29.1. The third-order valence-electron chi connectivity index (χ3n) is 5.65. The van der Waals surface area contributed by atoms with Crippen LogP contribution in [0.2, 0.25) is 10.0 Å². The molecule has 0 aliphatic carbocycles. The number of carbonyl (C=O) groups excluding carboxylic acids is 1. The van der Waals surface area contributed by atoms with Gasteiger partial charge in [-0.15, -0.1) is 0 Å². The first-order valence-electron chi connectivity index (χ1n) is 11.5. The van der Waals surface area contributed by atoms with E-state index >= 15 is 0 Å². The van der Waals surface area contributed by atoms with Crippen LogP contribution in [0.1, 0.15) is 5.56 Å². The lowest BCUT2D eigenvalue weighted by Gasteiger charge is -2.26. The SMILES string of the molecule is COc1ccc(S(=O)(=O)N(c2cccc(N(C=O)Nc3cc(Cl)cc(Cl)c3)c2)S(=O)(=O)c2ccc(C)cc2)cc1. The van der Waals surface area contributed by atoms with E-state index in [0.717, 1.165) is 10.6 Å². The fourth-order valence-corrected chi connectivity index (χ4v) is 7.92. The second kappa shape index (κ2) is 11.8. The number of carbonyl (C=O) groups is 1. The van der Waals surface area contributed by atoms with Gasteiger partial charge in [0, 0.05) is 10.0 Å². The molecule has 0 unspecified atom stereocenters. The zero-order valence-corrected chi connectivity index (χ0v) is 24.3. The molecule has 4 aromatic carbocycles. The van der Waals surface area contributed by atoms with Crippen molar-refractivity contribution in [1.29, 1.82) is 0 Å². The zero-order valence-electron chi connectivity index (χ0n) is 21.2. The van der Waals surface area contributed by atoms with Crippen LogP contribution in [0.25, 0.3) is 0 Å². The van der Waals surface area contributed by atoms with Crippen molar-refractivity contribution in [3.05, 3.63) is 107 Å². The number of benzene rings is 4. The standard InChI is InChI=1S/C27H23Cl2N3O6S2/c1-19-6-10-26(11-7-19)39(34,35)32(40(36,37)27-12-8-25(38-2)9-13-27)24-5-3-4-23(17-24)31(18-33)30-22-15-20(28)14-21(29)16-22/h3-18,30H,1-2H3. The summed E-state index contributed by atoms with van der Waals surface area (Å²) in [6.45, 7) is 1.78. The maximum Gasteiger partial charge on any atom is 0.277 e. The molecule has 13 heteroatoms. The van der Waals surface area contributed by atoms with Gasteiger partial charge in [-0.05, 0) is 79.7 Å². The molecule has 0 saturated heterocycles. The summed E-state index contributed by atoms with van der Waals surface area (Å²) in [5, 5.41) is 1.66. The average molecular weight is 621 g/mol. The van der Waals surface area contributed by atoms with Gasteiger partial charge in [-0.1, -0.05) is 47.0 Å². The molecule has 4 rings (SSSR count). The lowest BCUT2D eigenvalue weighted by Crippen LogP contribution is -2.37. The van der Waals surface area contributed by atoms with Crippen molar-refractivity contribution < 1.29 is 26.4 Å². The van der Waals surface area contributed by atoms with E-state index in [-0.39, 0.29) is 21.2 Å². The normalized spacial score (nSPS) is 11.5. The molecular formula is C27H23Cl2N3O6S2. The van der Waals surface area contributed by atoms with Crippen molar-refractivity contribution in [2.45, 2.75) is 16.7 Å². The summed E-state index contributed by atoms with van der Waals surface area (Å²) < 4.78 is 61.1. The van der Waals surface area contributed by atoms with Gasteiger partial charge >= 0.3 is 0 Å². The molecular weight excluding hydrogens is 597 g/mol. The summed E-state index contributed by atoms with van der Waals surface area (Å²) in [7, 11) is -7.92. The summed E-state index contributed by atoms with van der Waals surface area (Å²) in [5.74, 6) is 0.391. The van der Waals surface area contributed by atoms with E-state index in [1.807, 2.05) is 0 Å². The minimum absolute atomic E-state index is 0.137. The third kappa shape index (κ3) is 6.18. The van der Waals surface area contributed by atoms with Gasteiger partial charge in [-0.25, -0.2) is 21.8 Å². The molecule has 0 fully saturated rings. The Hall–Kier alpha value is -3.77. The highest BCUT2D eigenvalue weighted by atomic mass is 35.5. The maximum absolute atomic E-state index is 13.9. The Bertz CT molecular complexity index is 1730. The quantitative estimate of drug-likeness (QED) is 0.174. The number of aryl methyl sites for hydroxylation is 1. The van der Waals surface area contributed by atoms with Crippen molar-refractivity contribution in [2.75, 3.05) is 21.3 Å². The van der Waals surface area contributed by atoms with Gasteiger partial charge in [0.25, 0.3) is 20.0 Å². The number of nitrogens with one attached hydrogen (secondary N) is 1. The van der Waals surface area contributed by atoms with Crippen LogP contribution in [0.5, 0.6) is 5.75 Å². The number of hydrogen-bond donors (Lipinski definition) is 1. The van der Waals surface area contributed by atoms with Crippen LogP contribution in [0.15, 0.2) is 101 Å². The highest BCUT2D eigenvalue weighted by molar-refractivity contribution is 8.10. The van der Waals surface area contributed by atoms with Crippen LogP contribution < -0.4 is 18.9 Å². The number of ether oxygens (including phenoxy) is 1. The number of amides is 1. The summed E-state index contributed by atoms with van der Waals surface area (Å²) in [6.07, 6.45) is 0.435. The number of hydrogen-bond acceptors (Lipinski definition) is 7. The Labute approximate surface area is 242 Å². The predicted molar refractivity (Wildman–Crippen MR) is 156 cm³/mol. The van der Waals surface area contributed by atoms with E-state index in [1.54, 1.807) is 19.1 Å². The molecule has 0 radical (unpaired) electrons. The number of hydrazine groups is 1. The Morgan fingerprint density at radius 1 is 0.750 bits per heavy atom. The van der Waals surface area contributed by atoms with E-state index in [2.05, 4.69) is 5.43 Å². The van der Waals surface area contributed by atoms with Crippen LogP contribution in [-0.2, 0) is 24.8 Å². The molecule has 0 saturated carbocycles. The Balaban J connectivity index is 1.85. The molecule has 0 bridgehead atoms. The van der Waals surface area contributed by atoms with Crippen LogP contribution >= 0.6 is 23.2 Å². The van der Waals surface area contributed by atoms with E-state index in [9.17, 15) is 21.6 Å². The lowest BCUT2D eigenvalue weighted by molar-refractivity contribution is -0.107. The van der Waals surface area contributed by atoms with Crippen LogP contribution in [0.4, 0.5) is 17.1 Å². The highest BCUT2D eigenvalue weighted by Crippen LogP contribution is 2.34. The van der Waals surface area contributed by atoms with Crippen molar-refractivity contribution in [3.8, 4) is 5.75 Å². The summed E-state index contributed by atoms with van der Waals surface area (Å²) in [5.41, 5.74) is 3.88. The van der Waals surface area contributed by atoms with Gasteiger partial charge in [0.05, 0.1) is 34.0 Å². The van der Waals surface area contributed by atoms with Gasteiger partial charge in [0.2, 0.25) is 6.41 Å². The molecule has 0 aliphatic rings. The van der Waals surface area contributed by atoms with Gasteiger partial charge in [-0.3, -0.25) is 10.2 Å². The molecule has 1 amide bonds. The van der Waals surface area contributed by atoms with Crippen LogP contribution in [-0.4, -0.2) is 30.4 Å². The highest BCUT2D eigenvalue weighted by Gasteiger charge is 2.37. The van der Waals surface area contributed by atoms with E-state index < -0.39 is 20.0 Å². The van der Waals surface area contributed by atoms with Crippen molar-refractivity contribution in [3.63, 3.8) is 0 Å². The van der Waals surface area contributed by atoms with Crippen molar-refractivity contribution in [2.24, 2.45) is 0 Å². The molecule has 9 nitrogen and oxygen atoms in total. The fourth-order valence-electron chi connectivity index (χ4n) is 3.72. The minimum atomic E-state index is -4.69. The summed E-state index contributed by atoms with van der Waals surface area (Å²) in [4.78, 5) is 11.5. The Morgan fingerprint density at radius 3 is 1.80 bits per heavy atom. The van der Waals surface area contributed by atoms with Gasteiger partial charge in [0.1, 0.15) is 5.75 Å². The van der Waals surface area contributed by atoms with Crippen LogP contribution in [0.3, 0.4) is 0 Å². The number of anilines is 3. The lowest BCUT2D eigenvalue weighted by atomic mass is 10.2. The Kier molecular flexibility index (Phi) is 8.59. The number of sulfonamides is 2. The molecule has 0 spiro atoms. The topological polar surface area (TPSA) is 113 Å². The van der Waals surface area contributed by atoms with E-state index in [4.69, 9.17) is 27.9 Å². The first kappa shape index (κ1) is 29.2. The molecule has 1 N–H and O–H groups in total. The number of nitrogens with zero attached hydrogens (tertiary/aromatic N) is 2.